The molecule has 2 spiro atoms. The number of morpholine rings is 1. The van der Waals surface area contributed by atoms with E-state index >= 15 is 9.59 Å². The van der Waals surface area contributed by atoms with Gasteiger partial charge in [0.15, 0.2) is 5.78 Å². The fourth-order valence-electron chi connectivity index (χ4n) is 8.32. The molecule has 0 bridgehead atoms. The third-order valence-electron chi connectivity index (χ3n) is 10.2. The topological polar surface area (TPSA) is 53.1 Å². The molecule has 45 heavy (non-hydrogen) atoms. The number of likely N-dealkylation sites (N-methyl/N-ethyl adjacent to an activating group) is 1. The molecule has 7 rings (SSSR count). The molecule has 3 fully saturated rings. The Morgan fingerprint density at radius 2 is 1.64 bits per heavy atom. The Morgan fingerprint density at radius 1 is 0.933 bits per heavy atom. The van der Waals surface area contributed by atoms with E-state index in [1.165, 1.54) is 0 Å². The molecule has 3 aromatic rings. The Balaban J connectivity index is 1.45. The van der Waals surface area contributed by atoms with E-state index in [2.05, 4.69) is 9.80 Å². The predicted molar refractivity (Wildman–Crippen MR) is 180 cm³/mol. The number of amides is 1. The maximum absolute atomic E-state index is 15.4. The molecule has 0 radical (unpaired) electrons. The van der Waals surface area contributed by atoms with Gasteiger partial charge in [-0.2, -0.15) is 0 Å². The number of hydrogen-bond donors (Lipinski definition) is 0. The van der Waals surface area contributed by atoms with Crippen LogP contribution < -0.4 is 4.90 Å². The zero-order valence-corrected chi connectivity index (χ0v) is 27.9. The van der Waals surface area contributed by atoms with E-state index in [0.717, 1.165) is 41.9 Å². The highest BCUT2D eigenvalue weighted by molar-refractivity contribution is 6.36. The molecule has 3 atom stereocenters. The van der Waals surface area contributed by atoms with Gasteiger partial charge in [-0.1, -0.05) is 76.7 Å². The average molecular weight is 685 g/mol. The number of carbonyl (C=O) groups excluding carboxylic acids is 2. The minimum atomic E-state index is -1.25. The Hall–Kier alpha value is -2.42. The number of ether oxygens (including phenoxy) is 1. The van der Waals surface area contributed by atoms with Gasteiger partial charge in [-0.15, -0.1) is 0 Å². The van der Waals surface area contributed by atoms with Crippen LogP contribution >= 0.6 is 46.4 Å². The number of Topliss-reactive ketones (excluding diaryl/α,β-unsaturated/α-hetero) is 1. The lowest BCUT2D eigenvalue weighted by atomic mass is 9.53. The Bertz CT molecular complexity index is 1720. The number of hydrogen-bond acceptors (Lipinski definition) is 5. The number of anilines is 1. The predicted octanol–water partition coefficient (Wildman–Crippen LogP) is 7.68. The number of nitrogens with zero attached hydrogens (tertiary/aromatic N) is 3. The van der Waals surface area contributed by atoms with E-state index in [4.69, 9.17) is 51.1 Å². The summed E-state index contributed by atoms with van der Waals surface area (Å²) in [4.78, 5) is 37.0. The van der Waals surface area contributed by atoms with Gasteiger partial charge < -0.3 is 4.74 Å². The summed E-state index contributed by atoms with van der Waals surface area (Å²) >= 11 is 26.1. The van der Waals surface area contributed by atoms with Crippen LogP contribution in [0.2, 0.25) is 20.1 Å². The highest BCUT2D eigenvalue weighted by Crippen LogP contribution is 2.67. The average Bonchev–Trinajstić information content (AvgIpc) is 3.42. The zero-order valence-electron chi connectivity index (χ0n) is 24.9. The second-order valence-electron chi connectivity index (χ2n) is 12.4. The molecule has 10 heteroatoms. The number of benzene rings is 3. The monoisotopic (exact) mass is 683 g/mol. The number of para-hydroxylation sites is 1. The molecule has 0 unspecified atom stereocenters. The normalized spacial score (nSPS) is 28.2. The standard InChI is InChI=1S/C35H33Cl4N3O3/c1-40-20-28(26-11-10-25(37)19-30(26)39)34(12-4-5-23(32(34)43)17-22-8-9-24(36)18-29(22)38)35(40)27-6-2-3-7-31(27)42(33(35)44)21-41-13-15-45-16-14-41/h2-3,6-11,17-19,28H,4-5,12-16,20-21H2,1H3/b23-17+/t28-,34+,35+/m0/s1. The molecule has 2 saturated heterocycles. The molecule has 6 nitrogen and oxygen atoms in total. The van der Waals surface area contributed by atoms with E-state index in [9.17, 15) is 0 Å². The molecule has 1 saturated carbocycles. The number of fused-ring (bicyclic) bond motifs is 3. The third kappa shape index (κ3) is 4.79. The van der Waals surface area contributed by atoms with Crippen molar-refractivity contribution in [2.75, 3.05) is 51.5 Å². The first-order valence-electron chi connectivity index (χ1n) is 15.3. The van der Waals surface area contributed by atoms with Crippen LogP contribution in [0.25, 0.3) is 6.08 Å². The van der Waals surface area contributed by atoms with E-state index in [-0.39, 0.29) is 17.6 Å². The van der Waals surface area contributed by atoms with Gasteiger partial charge in [-0.25, -0.2) is 0 Å². The minimum absolute atomic E-state index is 0.0449. The molecule has 1 amide bonds. The molecule has 0 aromatic heterocycles. The van der Waals surface area contributed by atoms with Crippen molar-refractivity contribution >= 4 is 69.9 Å². The SMILES string of the molecule is CN1C[C@@H](c2ccc(Cl)cc2Cl)[C@@]2(CCC/C(=C\c3ccc(Cl)cc3Cl)C2=O)[C@@]12C(=O)N(CN1CCOCC1)c1ccccc12. The smallest absolute Gasteiger partial charge is 0.254 e. The highest BCUT2D eigenvalue weighted by Gasteiger charge is 2.75. The number of rotatable bonds is 4. The van der Waals surface area contributed by atoms with Crippen LogP contribution in [0.5, 0.6) is 0 Å². The number of ketones is 1. The van der Waals surface area contributed by atoms with E-state index in [0.29, 0.717) is 64.9 Å². The highest BCUT2D eigenvalue weighted by atomic mass is 35.5. The summed E-state index contributed by atoms with van der Waals surface area (Å²) in [5.74, 6) is -0.495. The van der Waals surface area contributed by atoms with Crippen molar-refractivity contribution in [2.24, 2.45) is 5.41 Å². The van der Waals surface area contributed by atoms with Crippen LogP contribution in [-0.4, -0.2) is 68.1 Å². The van der Waals surface area contributed by atoms with Gasteiger partial charge in [0, 0.05) is 51.2 Å². The Morgan fingerprint density at radius 3 is 2.38 bits per heavy atom. The second-order valence-corrected chi connectivity index (χ2v) is 14.1. The molecule has 234 valence electrons. The summed E-state index contributed by atoms with van der Waals surface area (Å²) in [6.45, 7) is 3.60. The quantitative estimate of drug-likeness (QED) is 0.264. The van der Waals surface area contributed by atoms with Gasteiger partial charge in [0.1, 0.15) is 5.54 Å². The first kappa shape index (κ1) is 31.2. The summed E-state index contributed by atoms with van der Waals surface area (Å²) < 4.78 is 5.59. The summed E-state index contributed by atoms with van der Waals surface area (Å²) in [6, 6.07) is 18.7. The molecule has 3 aromatic carbocycles. The lowest BCUT2D eigenvalue weighted by Crippen LogP contribution is -2.62. The molecular formula is C35H33Cl4N3O3. The van der Waals surface area contributed by atoms with Crippen LogP contribution in [0, 0.1) is 5.41 Å². The number of halogens is 4. The molecule has 3 aliphatic heterocycles. The Kier molecular flexibility index (Phi) is 8.31. The van der Waals surface area contributed by atoms with E-state index in [1.54, 1.807) is 18.2 Å². The van der Waals surface area contributed by atoms with Crippen molar-refractivity contribution < 1.29 is 14.3 Å². The molecule has 3 heterocycles. The molecule has 1 aliphatic carbocycles. The summed E-state index contributed by atoms with van der Waals surface area (Å²) in [7, 11) is 1.97. The number of carbonyl (C=O) groups is 2. The van der Waals surface area contributed by atoms with E-state index in [1.807, 2.05) is 60.5 Å². The van der Waals surface area contributed by atoms with Gasteiger partial charge in [-0.3, -0.25) is 24.3 Å². The summed E-state index contributed by atoms with van der Waals surface area (Å²) in [5.41, 5.74) is 1.49. The molecule has 0 N–H and O–H groups in total. The lowest BCUT2D eigenvalue weighted by molar-refractivity contribution is -0.146. The van der Waals surface area contributed by atoms with Crippen LogP contribution in [-0.2, 0) is 19.9 Å². The molecule has 4 aliphatic rings. The Labute approximate surface area is 283 Å². The fourth-order valence-corrected chi connectivity index (χ4v) is 9.32. The minimum Gasteiger partial charge on any atom is -0.379 e. The van der Waals surface area contributed by atoms with E-state index < -0.39 is 11.0 Å². The van der Waals surface area contributed by atoms with Gasteiger partial charge in [-0.05, 0) is 79.4 Å². The third-order valence-corrected chi connectivity index (χ3v) is 11.3. The largest absolute Gasteiger partial charge is 0.379 e. The van der Waals surface area contributed by atoms with Crippen molar-refractivity contribution in [1.29, 1.82) is 0 Å². The van der Waals surface area contributed by atoms with Crippen LogP contribution in [0.4, 0.5) is 5.69 Å². The van der Waals surface area contributed by atoms with Gasteiger partial charge in [0.25, 0.3) is 5.91 Å². The lowest BCUT2D eigenvalue weighted by Gasteiger charge is -2.49. The summed E-state index contributed by atoms with van der Waals surface area (Å²) in [5, 5.41) is 2.00. The molecular weight excluding hydrogens is 652 g/mol. The van der Waals surface area contributed by atoms with Crippen molar-refractivity contribution in [3.63, 3.8) is 0 Å². The maximum atomic E-state index is 15.4. The first-order chi connectivity index (χ1) is 21.7. The van der Waals surface area contributed by atoms with Crippen LogP contribution in [0.15, 0.2) is 66.2 Å². The zero-order chi connectivity index (χ0) is 31.5. The van der Waals surface area contributed by atoms with Gasteiger partial charge in [0.05, 0.1) is 31.0 Å². The second kappa shape index (κ2) is 12.0. The first-order valence-corrected chi connectivity index (χ1v) is 16.8. The van der Waals surface area contributed by atoms with Crippen molar-refractivity contribution in [1.82, 2.24) is 9.80 Å². The fraction of sp³-hybridized carbons (Fsp3) is 0.371. The maximum Gasteiger partial charge on any atom is 0.254 e. The van der Waals surface area contributed by atoms with Crippen molar-refractivity contribution in [3.8, 4) is 0 Å². The number of allylic oxidation sites excluding steroid dienone is 1. The van der Waals surface area contributed by atoms with Crippen molar-refractivity contribution in [2.45, 2.75) is 30.7 Å². The van der Waals surface area contributed by atoms with Crippen LogP contribution in [0.3, 0.4) is 0 Å². The van der Waals surface area contributed by atoms with Gasteiger partial charge in [0.2, 0.25) is 0 Å². The van der Waals surface area contributed by atoms with Crippen molar-refractivity contribution in [3.05, 3.63) is 103 Å². The van der Waals surface area contributed by atoms with Crippen LogP contribution in [0.1, 0.15) is 41.9 Å². The van der Waals surface area contributed by atoms with Gasteiger partial charge >= 0.3 is 0 Å². The number of likely N-dealkylation sites (tertiary alicyclic amines) is 1. The summed E-state index contributed by atoms with van der Waals surface area (Å²) in [6.07, 6.45) is 3.70.